The van der Waals surface area contributed by atoms with E-state index in [1.165, 1.54) is 0 Å². The van der Waals surface area contributed by atoms with Crippen LogP contribution in [0.2, 0.25) is 0 Å². The number of carboxylic acids is 1. The Labute approximate surface area is 198 Å². The van der Waals surface area contributed by atoms with Gasteiger partial charge in [0.25, 0.3) is 0 Å². The van der Waals surface area contributed by atoms with Gasteiger partial charge in [-0.25, -0.2) is 14.4 Å². The number of aliphatic carboxylic acids is 1. The highest BCUT2D eigenvalue weighted by Gasteiger charge is 2.61. The molecule has 0 heterocycles. The third kappa shape index (κ3) is 4.85. The number of ether oxygens (including phenoxy) is 2. The molecule has 8 nitrogen and oxygen atoms in total. The van der Waals surface area contributed by atoms with Crippen molar-refractivity contribution in [1.82, 2.24) is 10.6 Å². The molecule has 2 amide bonds. The van der Waals surface area contributed by atoms with Gasteiger partial charge in [-0.05, 0) is 61.8 Å². The first-order valence-electron chi connectivity index (χ1n) is 11.4. The van der Waals surface area contributed by atoms with E-state index in [9.17, 15) is 19.5 Å². The first-order chi connectivity index (χ1) is 16.1. The molecule has 1 fully saturated rings. The lowest BCUT2D eigenvalue weighted by molar-refractivity contribution is -0.141. The van der Waals surface area contributed by atoms with Gasteiger partial charge in [-0.2, -0.15) is 0 Å². The van der Waals surface area contributed by atoms with Crippen molar-refractivity contribution in [1.29, 1.82) is 0 Å². The molecule has 2 aromatic carbocycles. The van der Waals surface area contributed by atoms with Crippen LogP contribution in [0.5, 0.6) is 0 Å². The van der Waals surface area contributed by atoms with E-state index in [1.807, 2.05) is 48.5 Å². The number of hydrogen-bond acceptors (Lipinski definition) is 5. The minimum Gasteiger partial charge on any atom is -0.479 e. The van der Waals surface area contributed by atoms with Crippen LogP contribution in [0.15, 0.2) is 48.5 Å². The minimum absolute atomic E-state index is 0.105. The zero-order valence-electron chi connectivity index (χ0n) is 19.6. The smallest absolute Gasteiger partial charge is 0.408 e. The molecule has 1 saturated carbocycles. The molecular weight excluding hydrogens is 436 g/mol. The second-order valence-corrected chi connectivity index (χ2v) is 9.85. The zero-order valence-corrected chi connectivity index (χ0v) is 19.6. The van der Waals surface area contributed by atoms with Crippen LogP contribution in [-0.4, -0.2) is 47.6 Å². The van der Waals surface area contributed by atoms with Crippen molar-refractivity contribution in [3.8, 4) is 11.1 Å². The molecule has 4 rings (SSSR count). The molecule has 0 aliphatic heterocycles. The van der Waals surface area contributed by atoms with Crippen LogP contribution in [0.3, 0.4) is 0 Å². The number of benzene rings is 2. The van der Waals surface area contributed by atoms with Gasteiger partial charge in [-0.1, -0.05) is 48.5 Å². The van der Waals surface area contributed by atoms with E-state index in [2.05, 4.69) is 10.6 Å². The Kier molecular flexibility index (Phi) is 6.25. The molecule has 2 atom stereocenters. The van der Waals surface area contributed by atoms with Gasteiger partial charge in [-0.3, -0.25) is 0 Å². The Balaban J connectivity index is 1.32. The third-order valence-corrected chi connectivity index (χ3v) is 6.32. The topological polar surface area (TPSA) is 114 Å². The number of alkyl carbamates (subject to hydrolysis) is 2. The van der Waals surface area contributed by atoms with Crippen molar-refractivity contribution in [2.75, 3.05) is 13.2 Å². The summed E-state index contributed by atoms with van der Waals surface area (Å²) in [4.78, 5) is 36.3. The first kappa shape index (κ1) is 23.6. The van der Waals surface area contributed by atoms with Crippen LogP contribution in [0.1, 0.15) is 50.7 Å². The number of carbonyl (C=O) groups is 3. The zero-order chi connectivity index (χ0) is 24.5. The molecular formula is C26H30N2O6. The highest BCUT2D eigenvalue weighted by atomic mass is 16.6. The van der Waals surface area contributed by atoms with E-state index >= 15 is 0 Å². The molecule has 0 spiro atoms. The van der Waals surface area contributed by atoms with Gasteiger partial charge >= 0.3 is 18.2 Å². The highest BCUT2D eigenvalue weighted by Crippen LogP contribution is 2.47. The standard InChI is InChI=1S/C26H30N2O6/c1-25(2,3)34-23(31)27-13-12-16-14-26(16,22(29)30)28-24(32)33-15-21-19-10-6-4-8-17(19)18-9-5-7-11-20(18)21/h4-11,16,21H,12-15H2,1-3H3,(H,27,31)(H,28,32)(H,29,30)/t16-,26-/m1/s1. The van der Waals surface area contributed by atoms with E-state index in [1.54, 1.807) is 20.8 Å². The van der Waals surface area contributed by atoms with Gasteiger partial charge in [0.15, 0.2) is 0 Å². The summed E-state index contributed by atoms with van der Waals surface area (Å²) in [5.41, 5.74) is 2.42. The van der Waals surface area contributed by atoms with E-state index in [-0.39, 0.29) is 31.4 Å². The molecule has 0 radical (unpaired) electrons. The number of rotatable bonds is 7. The molecule has 0 aromatic heterocycles. The number of carboxylic acid groups (broad SMARTS) is 1. The van der Waals surface area contributed by atoms with E-state index < -0.39 is 29.3 Å². The molecule has 2 aliphatic rings. The molecule has 8 heteroatoms. The summed E-state index contributed by atoms with van der Waals surface area (Å²) in [7, 11) is 0. The number of nitrogens with one attached hydrogen (secondary N) is 2. The van der Waals surface area contributed by atoms with E-state index in [0.29, 0.717) is 6.42 Å². The number of amides is 2. The van der Waals surface area contributed by atoms with Crippen molar-refractivity contribution >= 4 is 18.2 Å². The average molecular weight is 467 g/mol. The van der Waals surface area contributed by atoms with Gasteiger partial charge in [-0.15, -0.1) is 0 Å². The Morgan fingerprint density at radius 2 is 1.59 bits per heavy atom. The van der Waals surface area contributed by atoms with Gasteiger partial charge in [0.1, 0.15) is 17.7 Å². The van der Waals surface area contributed by atoms with Crippen LogP contribution in [0.25, 0.3) is 11.1 Å². The number of fused-ring (bicyclic) bond motifs is 3. The lowest BCUT2D eigenvalue weighted by Gasteiger charge is -2.20. The highest BCUT2D eigenvalue weighted by molar-refractivity contribution is 5.88. The molecule has 2 aliphatic carbocycles. The summed E-state index contributed by atoms with van der Waals surface area (Å²) in [6, 6.07) is 16.0. The van der Waals surface area contributed by atoms with E-state index in [0.717, 1.165) is 22.3 Å². The second-order valence-electron chi connectivity index (χ2n) is 9.85. The minimum atomic E-state index is -1.38. The van der Waals surface area contributed by atoms with Gasteiger partial charge in [0.2, 0.25) is 0 Å². The third-order valence-electron chi connectivity index (χ3n) is 6.32. The maximum absolute atomic E-state index is 12.6. The van der Waals surface area contributed by atoms with Crippen molar-refractivity contribution in [3.05, 3.63) is 59.7 Å². The number of hydrogen-bond donors (Lipinski definition) is 3. The molecule has 3 N–H and O–H groups in total. The fourth-order valence-corrected chi connectivity index (χ4v) is 4.63. The quantitative estimate of drug-likeness (QED) is 0.561. The second kappa shape index (κ2) is 9.00. The van der Waals surface area contributed by atoms with Crippen molar-refractivity contribution in [2.24, 2.45) is 5.92 Å². The van der Waals surface area contributed by atoms with Crippen LogP contribution >= 0.6 is 0 Å². The van der Waals surface area contributed by atoms with Crippen molar-refractivity contribution in [2.45, 2.75) is 50.7 Å². The summed E-state index contributed by atoms with van der Waals surface area (Å²) >= 11 is 0. The van der Waals surface area contributed by atoms with Gasteiger partial charge in [0.05, 0.1) is 0 Å². The van der Waals surface area contributed by atoms with Crippen molar-refractivity contribution in [3.63, 3.8) is 0 Å². The van der Waals surface area contributed by atoms with Crippen LogP contribution in [-0.2, 0) is 14.3 Å². The molecule has 0 bridgehead atoms. The Bertz CT molecular complexity index is 1060. The lowest BCUT2D eigenvalue weighted by Crippen LogP contribution is -2.45. The van der Waals surface area contributed by atoms with Crippen LogP contribution in [0, 0.1) is 5.92 Å². The monoisotopic (exact) mass is 466 g/mol. The molecule has 34 heavy (non-hydrogen) atoms. The van der Waals surface area contributed by atoms with Crippen LogP contribution < -0.4 is 10.6 Å². The molecule has 2 aromatic rings. The largest absolute Gasteiger partial charge is 0.479 e. The Morgan fingerprint density at radius 1 is 1.00 bits per heavy atom. The summed E-state index contributed by atoms with van der Waals surface area (Å²) < 4.78 is 10.7. The normalized spacial score (nSPS) is 20.6. The summed E-state index contributed by atoms with van der Waals surface area (Å²) in [5, 5.41) is 14.9. The van der Waals surface area contributed by atoms with Gasteiger partial charge < -0.3 is 25.2 Å². The lowest BCUT2D eigenvalue weighted by atomic mass is 9.98. The molecule has 180 valence electrons. The fraction of sp³-hybridized carbons (Fsp3) is 0.423. The SMILES string of the molecule is CC(C)(C)OC(=O)NCC[C@@H]1C[C@]1(NC(=O)OCC1c2ccccc2-c2ccccc21)C(=O)O. The van der Waals surface area contributed by atoms with Crippen LogP contribution in [0.4, 0.5) is 9.59 Å². The average Bonchev–Trinajstić information content (AvgIpc) is 3.37. The maximum Gasteiger partial charge on any atom is 0.408 e. The van der Waals surface area contributed by atoms with Crippen molar-refractivity contribution < 1.29 is 29.0 Å². The summed E-state index contributed by atoms with van der Waals surface area (Å²) in [6.07, 6.45) is -0.636. The molecule has 0 unspecified atom stereocenters. The first-order valence-corrected chi connectivity index (χ1v) is 11.4. The molecule has 0 saturated heterocycles. The Hall–Kier alpha value is -3.55. The maximum atomic E-state index is 12.6. The fourth-order valence-electron chi connectivity index (χ4n) is 4.63. The predicted molar refractivity (Wildman–Crippen MR) is 126 cm³/mol. The predicted octanol–water partition coefficient (Wildman–Crippen LogP) is 4.28. The van der Waals surface area contributed by atoms with E-state index in [4.69, 9.17) is 9.47 Å². The van der Waals surface area contributed by atoms with Gasteiger partial charge in [0, 0.05) is 12.5 Å². The summed E-state index contributed by atoms with van der Waals surface area (Å²) in [5.74, 6) is -1.52. The Morgan fingerprint density at radius 3 is 2.15 bits per heavy atom. The summed E-state index contributed by atoms with van der Waals surface area (Å²) in [6.45, 7) is 5.66. The number of carbonyl (C=O) groups excluding carboxylic acids is 2.